The third kappa shape index (κ3) is 1.60. The first kappa shape index (κ1) is 10.5. The van der Waals surface area contributed by atoms with E-state index in [2.05, 4.69) is 0 Å². The molecule has 0 bridgehead atoms. The van der Waals surface area contributed by atoms with Gasteiger partial charge in [-0.1, -0.05) is 30.3 Å². The number of nitrogens with two attached hydrogens (primary N) is 2. The van der Waals surface area contributed by atoms with Gasteiger partial charge in [0.25, 0.3) is 0 Å². The summed E-state index contributed by atoms with van der Waals surface area (Å²) in [6.07, 6.45) is 0. The molecule has 0 spiro atoms. The summed E-state index contributed by atoms with van der Waals surface area (Å²) in [5.41, 5.74) is 12.9. The van der Waals surface area contributed by atoms with E-state index < -0.39 is 0 Å². The number of primary amides is 1. The van der Waals surface area contributed by atoms with Crippen molar-refractivity contribution in [2.24, 2.45) is 5.73 Å². The molecule has 1 unspecified atom stereocenters. The fourth-order valence-electron chi connectivity index (χ4n) is 1.89. The molecular formula is C13H14N2O. The Labute approximate surface area is 94.0 Å². The summed E-state index contributed by atoms with van der Waals surface area (Å²) in [4.78, 5) is 11.2. The summed E-state index contributed by atoms with van der Waals surface area (Å²) in [5.74, 6) is -0.625. The third-order valence-corrected chi connectivity index (χ3v) is 2.88. The van der Waals surface area contributed by atoms with Crippen molar-refractivity contribution in [1.29, 1.82) is 0 Å². The van der Waals surface area contributed by atoms with Gasteiger partial charge in [0.15, 0.2) is 0 Å². The molecule has 2 rings (SSSR count). The van der Waals surface area contributed by atoms with Crippen LogP contribution in [0, 0.1) is 0 Å². The highest BCUT2D eigenvalue weighted by Crippen LogP contribution is 2.28. The van der Waals surface area contributed by atoms with E-state index in [9.17, 15) is 4.79 Å². The third-order valence-electron chi connectivity index (χ3n) is 2.88. The van der Waals surface area contributed by atoms with Gasteiger partial charge in [-0.15, -0.1) is 0 Å². The maximum absolute atomic E-state index is 11.2. The number of benzene rings is 2. The predicted octanol–water partition coefficient (Wildman–Crippen LogP) is 2.01. The minimum Gasteiger partial charge on any atom is -0.398 e. The second kappa shape index (κ2) is 3.85. The number of nitrogen functional groups attached to an aromatic ring is 1. The highest BCUT2D eigenvalue weighted by Gasteiger charge is 2.14. The zero-order chi connectivity index (χ0) is 11.7. The number of hydrogen-bond donors (Lipinski definition) is 2. The van der Waals surface area contributed by atoms with Crippen molar-refractivity contribution in [1.82, 2.24) is 0 Å². The number of hydrogen-bond acceptors (Lipinski definition) is 2. The van der Waals surface area contributed by atoms with Crippen molar-refractivity contribution in [2.75, 3.05) is 5.73 Å². The molecule has 82 valence electrons. The van der Waals surface area contributed by atoms with Crippen LogP contribution in [0.3, 0.4) is 0 Å². The number of carbonyl (C=O) groups is 1. The topological polar surface area (TPSA) is 69.1 Å². The zero-order valence-corrected chi connectivity index (χ0v) is 9.10. The lowest BCUT2D eigenvalue weighted by Gasteiger charge is -2.12. The van der Waals surface area contributed by atoms with Crippen molar-refractivity contribution < 1.29 is 4.79 Å². The average Bonchev–Trinajstić information content (AvgIpc) is 2.28. The van der Waals surface area contributed by atoms with Gasteiger partial charge in [0.2, 0.25) is 5.91 Å². The average molecular weight is 214 g/mol. The van der Waals surface area contributed by atoms with Crippen molar-refractivity contribution in [3.05, 3.63) is 42.0 Å². The van der Waals surface area contributed by atoms with Gasteiger partial charge in [0.05, 0.1) is 5.92 Å². The van der Waals surface area contributed by atoms with E-state index >= 15 is 0 Å². The monoisotopic (exact) mass is 214 g/mol. The lowest BCUT2D eigenvalue weighted by molar-refractivity contribution is -0.119. The van der Waals surface area contributed by atoms with Gasteiger partial charge in [0.1, 0.15) is 0 Å². The fraction of sp³-hybridized carbons (Fsp3) is 0.154. The van der Waals surface area contributed by atoms with E-state index in [4.69, 9.17) is 11.5 Å². The van der Waals surface area contributed by atoms with Gasteiger partial charge < -0.3 is 11.5 Å². The molecule has 3 nitrogen and oxygen atoms in total. The van der Waals surface area contributed by atoms with Crippen LogP contribution in [-0.4, -0.2) is 5.91 Å². The molecule has 0 saturated carbocycles. The highest BCUT2D eigenvalue weighted by molar-refractivity contribution is 5.98. The SMILES string of the molecule is CC(C(N)=O)c1cccc2c(N)cccc12. The Morgan fingerprint density at radius 3 is 2.44 bits per heavy atom. The maximum atomic E-state index is 11.2. The van der Waals surface area contributed by atoms with Crippen LogP contribution in [-0.2, 0) is 4.79 Å². The Morgan fingerprint density at radius 1 is 1.12 bits per heavy atom. The quantitative estimate of drug-likeness (QED) is 0.751. The van der Waals surface area contributed by atoms with E-state index in [1.807, 2.05) is 36.4 Å². The number of amides is 1. The van der Waals surface area contributed by atoms with E-state index in [-0.39, 0.29) is 11.8 Å². The minimum absolute atomic E-state index is 0.300. The number of fused-ring (bicyclic) bond motifs is 1. The van der Waals surface area contributed by atoms with Gasteiger partial charge >= 0.3 is 0 Å². The molecule has 0 saturated heterocycles. The van der Waals surface area contributed by atoms with Crippen LogP contribution >= 0.6 is 0 Å². The van der Waals surface area contributed by atoms with Crippen LogP contribution in [0.15, 0.2) is 36.4 Å². The summed E-state index contributed by atoms with van der Waals surface area (Å²) in [6, 6.07) is 11.4. The summed E-state index contributed by atoms with van der Waals surface area (Å²) < 4.78 is 0. The Balaban J connectivity index is 2.72. The summed E-state index contributed by atoms with van der Waals surface area (Å²) in [6.45, 7) is 1.81. The summed E-state index contributed by atoms with van der Waals surface area (Å²) >= 11 is 0. The summed E-state index contributed by atoms with van der Waals surface area (Å²) in [5, 5.41) is 1.96. The standard InChI is InChI=1S/C13H14N2O/c1-8(13(15)16)9-4-2-6-11-10(9)5-3-7-12(11)14/h2-8H,14H2,1H3,(H2,15,16). The molecule has 0 aromatic heterocycles. The Bertz CT molecular complexity index is 549. The molecule has 0 aliphatic rings. The number of carbonyl (C=O) groups excluding carboxylic acids is 1. The first-order valence-corrected chi connectivity index (χ1v) is 5.17. The highest BCUT2D eigenvalue weighted by atomic mass is 16.1. The van der Waals surface area contributed by atoms with Crippen LogP contribution < -0.4 is 11.5 Å². The van der Waals surface area contributed by atoms with Crippen LogP contribution in [0.25, 0.3) is 10.8 Å². The molecule has 4 N–H and O–H groups in total. The van der Waals surface area contributed by atoms with Crippen LogP contribution in [0.2, 0.25) is 0 Å². The van der Waals surface area contributed by atoms with Gasteiger partial charge in [0, 0.05) is 11.1 Å². The fourth-order valence-corrected chi connectivity index (χ4v) is 1.89. The summed E-state index contributed by atoms with van der Waals surface area (Å²) in [7, 11) is 0. The second-order valence-corrected chi connectivity index (χ2v) is 3.91. The van der Waals surface area contributed by atoms with Crippen LogP contribution in [0.4, 0.5) is 5.69 Å². The smallest absolute Gasteiger partial charge is 0.224 e. The zero-order valence-electron chi connectivity index (χ0n) is 9.10. The molecule has 0 fully saturated rings. The lowest BCUT2D eigenvalue weighted by atomic mass is 9.94. The molecule has 0 radical (unpaired) electrons. The number of rotatable bonds is 2. The van der Waals surface area contributed by atoms with Crippen LogP contribution in [0.1, 0.15) is 18.4 Å². The van der Waals surface area contributed by atoms with Crippen LogP contribution in [0.5, 0.6) is 0 Å². The van der Waals surface area contributed by atoms with Gasteiger partial charge in [-0.2, -0.15) is 0 Å². The Morgan fingerprint density at radius 2 is 1.75 bits per heavy atom. The van der Waals surface area contributed by atoms with Crippen molar-refractivity contribution in [3.63, 3.8) is 0 Å². The molecule has 3 heteroatoms. The first-order chi connectivity index (χ1) is 7.61. The van der Waals surface area contributed by atoms with E-state index in [0.29, 0.717) is 0 Å². The molecule has 16 heavy (non-hydrogen) atoms. The van der Waals surface area contributed by atoms with Gasteiger partial charge in [-0.25, -0.2) is 0 Å². The predicted molar refractivity (Wildman–Crippen MR) is 66.0 cm³/mol. The van der Waals surface area contributed by atoms with Crippen molar-refractivity contribution in [2.45, 2.75) is 12.8 Å². The molecule has 1 amide bonds. The lowest BCUT2D eigenvalue weighted by Crippen LogP contribution is -2.18. The number of anilines is 1. The van der Waals surface area contributed by atoms with E-state index in [1.165, 1.54) is 0 Å². The van der Waals surface area contributed by atoms with Crippen molar-refractivity contribution in [3.8, 4) is 0 Å². The first-order valence-electron chi connectivity index (χ1n) is 5.17. The molecule has 0 aliphatic heterocycles. The van der Waals surface area contributed by atoms with Gasteiger partial charge in [-0.3, -0.25) is 4.79 Å². The van der Waals surface area contributed by atoms with E-state index in [0.717, 1.165) is 22.0 Å². The molecule has 2 aromatic carbocycles. The van der Waals surface area contributed by atoms with Crippen molar-refractivity contribution >= 4 is 22.4 Å². The molecule has 0 heterocycles. The molecule has 1 atom stereocenters. The second-order valence-electron chi connectivity index (χ2n) is 3.91. The minimum atomic E-state index is -0.324. The Kier molecular flexibility index (Phi) is 2.52. The normalized spacial score (nSPS) is 12.6. The maximum Gasteiger partial charge on any atom is 0.224 e. The molecule has 2 aromatic rings. The Hall–Kier alpha value is -2.03. The van der Waals surface area contributed by atoms with Gasteiger partial charge in [-0.05, 0) is 23.9 Å². The van der Waals surface area contributed by atoms with E-state index in [1.54, 1.807) is 6.92 Å². The molecular weight excluding hydrogens is 200 g/mol. The largest absolute Gasteiger partial charge is 0.398 e. The molecule has 0 aliphatic carbocycles.